The van der Waals surface area contributed by atoms with Gasteiger partial charge < -0.3 is 19.9 Å². The molecule has 1 atom stereocenters. The quantitative estimate of drug-likeness (QED) is 0.393. The van der Waals surface area contributed by atoms with Crippen molar-refractivity contribution in [2.45, 2.75) is 88.8 Å². The van der Waals surface area contributed by atoms with Crippen LogP contribution in [0.5, 0.6) is 5.75 Å². The summed E-state index contributed by atoms with van der Waals surface area (Å²) < 4.78 is 5.38. The monoisotopic (exact) mass is 501 g/mol. The van der Waals surface area contributed by atoms with Crippen LogP contribution in [0.25, 0.3) is 10.9 Å². The first-order valence-corrected chi connectivity index (χ1v) is 13.9. The van der Waals surface area contributed by atoms with E-state index in [9.17, 15) is 9.59 Å². The zero-order valence-electron chi connectivity index (χ0n) is 21.9. The Morgan fingerprint density at radius 2 is 1.62 bits per heavy atom. The summed E-state index contributed by atoms with van der Waals surface area (Å²) in [6.07, 6.45) is 13.0. The highest BCUT2D eigenvalue weighted by Crippen LogP contribution is 2.33. The van der Waals surface area contributed by atoms with Gasteiger partial charge in [0.25, 0.3) is 0 Å². The van der Waals surface area contributed by atoms with E-state index in [4.69, 9.17) is 4.74 Å². The summed E-state index contributed by atoms with van der Waals surface area (Å²) in [4.78, 5) is 33.5. The van der Waals surface area contributed by atoms with Gasteiger partial charge in [-0.3, -0.25) is 9.59 Å². The number of hydrogen-bond acceptors (Lipinski definition) is 3. The van der Waals surface area contributed by atoms with E-state index in [2.05, 4.69) is 16.4 Å². The van der Waals surface area contributed by atoms with Crippen molar-refractivity contribution in [2.75, 3.05) is 7.11 Å². The van der Waals surface area contributed by atoms with Crippen molar-refractivity contribution in [3.05, 3.63) is 65.9 Å². The van der Waals surface area contributed by atoms with E-state index >= 15 is 0 Å². The second kappa shape index (κ2) is 11.8. The molecule has 6 nitrogen and oxygen atoms in total. The van der Waals surface area contributed by atoms with E-state index in [0.717, 1.165) is 79.1 Å². The molecule has 6 heteroatoms. The number of para-hydroxylation sites is 1. The highest BCUT2D eigenvalue weighted by Gasteiger charge is 2.37. The normalized spacial score (nSPS) is 17.9. The number of nitrogens with one attached hydrogen (secondary N) is 2. The molecule has 0 unspecified atom stereocenters. The Balaban J connectivity index is 1.50. The lowest BCUT2D eigenvalue weighted by Gasteiger charge is -2.40. The molecule has 5 rings (SSSR count). The summed E-state index contributed by atoms with van der Waals surface area (Å²) in [5, 5.41) is 4.40. The van der Waals surface area contributed by atoms with Gasteiger partial charge in [0.2, 0.25) is 11.8 Å². The summed E-state index contributed by atoms with van der Waals surface area (Å²) in [6, 6.07) is 15.3. The molecule has 2 aromatic carbocycles. The number of fused-ring (bicyclic) bond motifs is 1. The average Bonchev–Trinajstić information content (AvgIpc) is 3.35. The molecule has 0 aliphatic heterocycles. The lowest BCUT2D eigenvalue weighted by molar-refractivity contribution is -0.144. The second-order valence-corrected chi connectivity index (χ2v) is 10.6. The van der Waals surface area contributed by atoms with E-state index in [1.807, 2.05) is 53.6 Å². The van der Waals surface area contributed by atoms with Crippen LogP contribution in [0, 0.1) is 0 Å². The van der Waals surface area contributed by atoms with Crippen molar-refractivity contribution >= 4 is 22.7 Å². The van der Waals surface area contributed by atoms with Crippen LogP contribution in [0.1, 0.15) is 81.4 Å². The number of aromatic amines is 1. The van der Waals surface area contributed by atoms with Crippen molar-refractivity contribution in [2.24, 2.45) is 0 Å². The third kappa shape index (κ3) is 5.84. The summed E-state index contributed by atoms with van der Waals surface area (Å²) in [6.45, 7) is 0. The lowest BCUT2D eigenvalue weighted by Crippen LogP contribution is -2.51. The number of benzene rings is 2. The van der Waals surface area contributed by atoms with Gasteiger partial charge in [-0.1, -0.05) is 68.9 Å². The second-order valence-electron chi connectivity index (χ2n) is 10.6. The van der Waals surface area contributed by atoms with Crippen LogP contribution < -0.4 is 10.1 Å². The Labute approximate surface area is 219 Å². The largest absolute Gasteiger partial charge is 0.497 e. The number of hydrogen-bond donors (Lipinski definition) is 2. The molecule has 2 aliphatic rings. The smallest absolute Gasteiger partial charge is 0.247 e. The molecule has 3 aromatic rings. The summed E-state index contributed by atoms with van der Waals surface area (Å²) in [5.41, 5.74) is 2.84. The minimum Gasteiger partial charge on any atom is -0.497 e. The zero-order chi connectivity index (χ0) is 25.6. The SMILES string of the molecule is COc1ccc([C@H](C(=O)NC2CCCCC2)N(C(=O)Cc2c[nH]c3ccccc23)C2CCCCC2)cc1. The van der Waals surface area contributed by atoms with E-state index in [-0.39, 0.29) is 30.3 Å². The number of methoxy groups -OCH3 is 1. The molecule has 1 aromatic heterocycles. The van der Waals surface area contributed by atoms with Crippen molar-refractivity contribution in [3.63, 3.8) is 0 Å². The molecule has 2 fully saturated rings. The summed E-state index contributed by atoms with van der Waals surface area (Å²) >= 11 is 0. The topological polar surface area (TPSA) is 74.4 Å². The van der Waals surface area contributed by atoms with E-state index < -0.39 is 6.04 Å². The van der Waals surface area contributed by atoms with Gasteiger partial charge in [0.15, 0.2) is 0 Å². The van der Waals surface area contributed by atoms with Crippen LogP contribution >= 0.6 is 0 Å². The Kier molecular flexibility index (Phi) is 8.12. The van der Waals surface area contributed by atoms with Crippen molar-refractivity contribution < 1.29 is 14.3 Å². The number of aromatic nitrogens is 1. The van der Waals surface area contributed by atoms with Crippen molar-refractivity contribution in [1.29, 1.82) is 0 Å². The molecule has 0 radical (unpaired) electrons. The predicted octanol–water partition coefficient (Wildman–Crippen LogP) is 6.07. The number of H-pyrrole nitrogens is 1. The minimum atomic E-state index is -0.659. The van der Waals surface area contributed by atoms with Crippen molar-refractivity contribution in [1.82, 2.24) is 15.2 Å². The molecule has 196 valence electrons. The van der Waals surface area contributed by atoms with Gasteiger partial charge in [-0.15, -0.1) is 0 Å². The number of carbonyl (C=O) groups excluding carboxylic acids is 2. The number of rotatable bonds is 8. The van der Waals surface area contributed by atoms with E-state index in [1.165, 1.54) is 12.8 Å². The van der Waals surface area contributed by atoms with Gasteiger partial charge in [-0.05, 0) is 55.0 Å². The maximum absolute atomic E-state index is 14.2. The van der Waals surface area contributed by atoms with Gasteiger partial charge >= 0.3 is 0 Å². The molecular weight excluding hydrogens is 462 g/mol. The Hall–Kier alpha value is -3.28. The minimum absolute atomic E-state index is 0.0104. The predicted molar refractivity (Wildman–Crippen MR) is 146 cm³/mol. The van der Waals surface area contributed by atoms with Crippen molar-refractivity contribution in [3.8, 4) is 5.75 Å². The third-order valence-corrected chi connectivity index (χ3v) is 8.18. The van der Waals surface area contributed by atoms with Gasteiger partial charge in [0.05, 0.1) is 13.5 Å². The first kappa shape index (κ1) is 25.4. The van der Waals surface area contributed by atoms with Gasteiger partial charge in [0, 0.05) is 29.2 Å². The molecule has 1 heterocycles. The summed E-state index contributed by atoms with van der Waals surface area (Å²) in [7, 11) is 1.64. The third-order valence-electron chi connectivity index (χ3n) is 8.18. The highest BCUT2D eigenvalue weighted by molar-refractivity contribution is 5.92. The lowest BCUT2D eigenvalue weighted by atomic mass is 9.90. The fraction of sp³-hybridized carbons (Fsp3) is 0.484. The van der Waals surface area contributed by atoms with E-state index in [1.54, 1.807) is 7.11 Å². The molecule has 2 aliphatic carbocycles. The fourth-order valence-corrected chi connectivity index (χ4v) is 6.20. The van der Waals surface area contributed by atoms with Crippen LogP contribution in [0.2, 0.25) is 0 Å². The number of amides is 2. The molecule has 0 bridgehead atoms. The highest BCUT2D eigenvalue weighted by atomic mass is 16.5. The summed E-state index contributed by atoms with van der Waals surface area (Å²) in [5.74, 6) is 0.690. The van der Waals surface area contributed by atoms with Crippen LogP contribution in [0.3, 0.4) is 0 Å². The van der Waals surface area contributed by atoms with E-state index in [0.29, 0.717) is 0 Å². The van der Waals surface area contributed by atoms with Gasteiger partial charge in [-0.2, -0.15) is 0 Å². The molecule has 0 saturated heterocycles. The van der Waals surface area contributed by atoms with Crippen LogP contribution in [-0.4, -0.2) is 40.9 Å². The maximum atomic E-state index is 14.2. The van der Waals surface area contributed by atoms with Crippen LogP contribution in [0.15, 0.2) is 54.7 Å². The molecule has 0 spiro atoms. The average molecular weight is 502 g/mol. The standard InChI is InChI=1S/C31H39N3O3/c1-37-26-18-16-22(17-19-26)30(31(36)33-24-10-4-2-5-11-24)34(25-12-6-3-7-13-25)29(35)20-23-21-32-28-15-9-8-14-27(23)28/h8-9,14-19,21,24-25,30,32H,2-7,10-13,20H2,1H3,(H,33,36)/t30-/m1/s1. The Morgan fingerprint density at radius 1 is 0.946 bits per heavy atom. The molecule has 37 heavy (non-hydrogen) atoms. The molecule has 2 N–H and O–H groups in total. The van der Waals surface area contributed by atoms with Gasteiger partial charge in [0.1, 0.15) is 11.8 Å². The Bertz CT molecular complexity index is 1190. The maximum Gasteiger partial charge on any atom is 0.247 e. The Morgan fingerprint density at radius 3 is 2.32 bits per heavy atom. The van der Waals surface area contributed by atoms with Crippen LogP contribution in [0.4, 0.5) is 0 Å². The molecule has 2 amide bonds. The molecule has 2 saturated carbocycles. The van der Waals surface area contributed by atoms with Gasteiger partial charge in [-0.25, -0.2) is 0 Å². The number of ether oxygens (including phenoxy) is 1. The number of nitrogens with zero attached hydrogens (tertiary/aromatic N) is 1. The molecular formula is C31H39N3O3. The number of carbonyl (C=O) groups is 2. The van der Waals surface area contributed by atoms with Crippen LogP contribution in [-0.2, 0) is 16.0 Å². The fourth-order valence-electron chi connectivity index (χ4n) is 6.20. The first-order valence-electron chi connectivity index (χ1n) is 13.9. The first-order chi connectivity index (χ1) is 18.1. The zero-order valence-corrected chi connectivity index (χ0v) is 21.9.